The monoisotopic (exact) mass is 508 g/mol. The number of hydrogen-bond donors (Lipinski definition) is 2. The number of carbonyl (C=O) groups excluding carboxylic acids is 2. The molecule has 0 atom stereocenters. The van der Waals surface area contributed by atoms with E-state index in [-0.39, 0.29) is 17.5 Å². The van der Waals surface area contributed by atoms with Gasteiger partial charge < -0.3 is 25.0 Å². The zero-order valence-electron chi connectivity index (χ0n) is 20.3. The number of nitrogens with zero attached hydrogens (tertiary/aromatic N) is 2. The molecule has 1 fully saturated rings. The Balaban J connectivity index is 1.35. The summed E-state index contributed by atoms with van der Waals surface area (Å²) in [5.41, 5.74) is 3.89. The first-order chi connectivity index (χ1) is 17.4. The summed E-state index contributed by atoms with van der Waals surface area (Å²) in [4.78, 5) is 30.8. The topological polar surface area (TPSA) is 92.8 Å². The number of aryl methyl sites for hydroxylation is 2. The fraction of sp³-hybridized carbons (Fsp3) is 0.296. The molecule has 2 amide bonds. The van der Waals surface area contributed by atoms with Crippen LogP contribution in [0, 0.1) is 6.92 Å². The van der Waals surface area contributed by atoms with Crippen molar-refractivity contribution in [1.29, 1.82) is 0 Å². The summed E-state index contributed by atoms with van der Waals surface area (Å²) in [7, 11) is 1.55. The van der Waals surface area contributed by atoms with E-state index in [1.54, 1.807) is 19.2 Å². The van der Waals surface area contributed by atoms with Gasteiger partial charge in [-0.25, -0.2) is 0 Å². The summed E-state index contributed by atoms with van der Waals surface area (Å²) in [6.07, 6.45) is 2.45. The molecular weight excluding hydrogens is 480 g/mol. The van der Waals surface area contributed by atoms with Crippen LogP contribution in [0.5, 0.6) is 11.5 Å². The van der Waals surface area contributed by atoms with Gasteiger partial charge in [0.15, 0.2) is 0 Å². The average molecular weight is 509 g/mol. The van der Waals surface area contributed by atoms with Crippen LogP contribution in [0.1, 0.15) is 28.0 Å². The molecule has 0 spiro atoms. The number of amides is 2. The van der Waals surface area contributed by atoms with Gasteiger partial charge in [-0.3, -0.25) is 14.6 Å². The molecule has 1 aliphatic rings. The van der Waals surface area contributed by atoms with Crippen LogP contribution in [0.3, 0.4) is 0 Å². The van der Waals surface area contributed by atoms with E-state index in [1.807, 2.05) is 43.3 Å². The van der Waals surface area contributed by atoms with Crippen molar-refractivity contribution >= 4 is 34.8 Å². The Morgan fingerprint density at radius 3 is 2.56 bits per heavy atom. The third-order valence-corrected chi connectivity index (χ3v) is 6.30. The van der Waals surface area contributed by atoms with Crippen LogP contribution in [0.2, 0.25) is 5.02 Å². The highest BCUT2D eigenvalue weighted by atomic mass is 35.5. The van der Waals surface area contributed by atoms with Gasteiger partial charge in [-0.05, 0) is 54.8 Å². The van der Waals surface area contributed by atoms with Crippen molar-refractivity contribution in [2.24, 2.45) is 0 Å². The predicted octanol–water partition coefficient (Wildman–Crippen LogP) is 4.60. The first-order valence-corrected chi connectivity index (χ1v) is 12.2. The van der Waals surface area contributed by atoms with Crippen LogP contribution in [0.25, 0.3) is 0 Å². The number of anilines is 2. The van der Waals surface area contributed by atoms with E-state index in [2.05, 4.69) is 20.5 Å². The quantitative estimate of drug-likeness (QED) is 0.462. The van der Waals surface area contributed by atoms with E-state index >= 15 is 0 Å². The first-order valence-electron chi connectivity index (χ1n) is 11.8. The van der Waals surface area contributed by atoms with Crippen LogP contribution in [-0.4, -0.2) is 50.1 Å². The van der Waals surface area contributed by atoms with Crippen molar-refractivity contribution in [3.63, 3.8) is 0 Å². The number of aromatic nitrogens is 1. The number of carbonyl (C=O) groups is 2. The Labute approximate surface area is 215 Å². The molecule has 2 aromatic carbocycles. The second-order valence-corrected chi connectivity index (χ2v) is 8.88. The van der Waals surface area contributed by atoms with Crippen LogP contribution < -0.4 is 20.3 Å². The number of hydrogen-bond acceptors (Lipinski definition) is 6. The maximum atomic E-state index is 12.8. The Morgan fingerprint density at radius 1 is 1.08 bits per heavy atom. The van der Waals surface area contributed by atoms with Gasteiger partial charge in [0.2, 0.25) is 5.91 Å². The lowest BCUT2D eigenvalue weighted by atomic mass is 10.1. The molecule has 2 N–H and O–H groups in total. The molecule has 9 heteroatoms. The summed E-state index contributed by atoms with van der Waals surface area (Å²) in [6, 6.07) is 14.6. The smallest absolute Gasteiger partial charge is 0.269 e. The standard InChI is InChI=1S/C27H29ClN4O4/c1-18-15-23(25(17-22(18)28)32-11-13-35-14-12-32)31-26(33)8-5-19-3-6-20(7-4-19)36-21-9-10-30-24(16-21)27(34)29-2/h3-4,6-7,9-10,15-17H,5,8,11-14H2,1-2H3,(H,29,34)(H,31,33). The molecule has 0 radical (unpaired) electrons. The number of morpholine rings is 1. The molecule has 1 saturated heterocycles. The maximum absolute atomic E-state index is 12.8. The minimum atomic E-state index is -0.278. The molecule has 188 valence electrons. The van der Waals surface area contributed by atoms with Gasteiger partial charge in [0, 0.05) is 43.8 Å². The lowest BCUT2D eigenvalue weighted by Gasteiger charge is -2.31. The molecule has 36 heavy (non-hydrogen) atoms. The summed E-state index contributed by atoms with van der Waals surface area (Å²) in [6.45, 7) is 4.73. The van der Waals surface area contributed by atoms with Crippen molar-refractivity contribution in [3.05, 3.63) is 76.6 Å². The second-order valence-electron chi connectivity index (χ2n) is 8.47. The number of benzene rings is 2. The van der Waals surface area contributed by atoms with Gasteiger partial charge in [-0.1, -0.05) is 23.7 Å². The number of nitrogens with one attached hydrogen (secondary N) is 2. The van der Waals surface area contributed by atoms with Gasteiger partial charge in [0.25, 0.3) is 5.91 Å². The van der Waals surface area contributed by atoms with Crippen LogP contribution in [-0.2, 0) is 16.0 Å². The van der Waals surface area contributed by atoms with E-state index in [9.17, 15) is 9.59 Å². The van der Waals surface area contributed by atoms with Gasteiger partial charge in [-0.15, -0.1) is 0 Å². The van der Waals surface area contributed by atoms with Crippen molar-refractivity contribution in [2.45, 2.75) is 19.8 Å². The lowest BCUT2D eigenvalue weighted by Crippen LogP contribution is -2.36. The number of rotatable bonds is 8. The number of halogens is 1. The van der Waals surface area contributed by atoms with Gasteiger partial charge in [-0.2, -0.15) is 0 Å². The molecule has 2 heterocycles. The van der Waals surface area contributed by atoms with Crippen LogP contribution in [0.15, 0.2) is 54.7 Å². The van der Waals surface area contributed by atoms with E-state index in [0.29, 0.717) is 42.6 Å². The third-order valence-electron chi connectivity index (χ3n) is 5.89. The van der Waals surface area contributed by atoms with Crippen molar-refractivity contribution in [1.82, 2.24) is 10.3 Å². The van der Waals surface area contributed by atoms with Gasteiger partial charge in [0.1, 0.15) is 17.2 Å². The minimum absolute atomic E-state index is 0.0647. The largest absolute Gasteiger partial charge is 0.457 e. The number of ether oxygens (including phenoxy) is 2. The molecule has 0 unspecified atom stereocenters. The van der Waals surface area contributed by atoms with Gasteiger partial charge >= 0.3 is 0 Å². The zero-order valence-corrected chi connectivity index (χ0v) is 21.1. The fourth-order valence-electron chi connectivity index (χ4n) is 3.89. The van der Waals surface area contributed by atoms with E-state index in [0.717, 1.165) is 35.6 Å². The van der Waals surface area contributed by atoms with E-state index < -0.39 is 0 Å². The molecule has 1 aromatic heterocycles. The lowest BCUT2D eigenvalue weighted by molar-refractivity contribution is -0.116. The molecule has 8 nitrogen and oxygen atoms in total. The maximum Gasteiger partial charge on any atom is 0.269 e. The normalized spacial score (nSPS) is 13.2. The molecule has 3 aromatic rings. The Kier molecular flexibility index (Phi) is 8.40. The molecule has 0 saturated carbocycles. The molecule has 0 aliphatic carbocycles. The first kappa shape index (κ1) is 25.5. The minimum Gasteiger partial charge on any atom is -0.457 e. The molecule has 4 rings (SSSR count). The summed E-state index contributed by atoms with van der Waals surface area (Å²) in [5.74, 6) is 0.805. The van der Waals surface area contributed by atoms with Crippen molar-refractivity contribution < 1.29 is 19.1 Å². The van der Waals surface area contributed by atoms with E-state index in [4.69, 9.17) is 21.1 Å². The fourth-order valence-corrected chi connectivity index (χ4v) is 4.05. The van der Waals surface area contributed by atoms with Crippen LogP contribution in [0.4, 0.5) is 11.4 Å². The predicted molar refractivity (Wildman–Crippen MR) is 140 cm³/mol. The van der Waals surface area contributed by atoms with Crippen LogP contribution >= 0.6 is 11.6 Å². The molecule has 1 aliphatic heterocycles. The van der Waals surface area contributed by atoms with E-state index in [1.165, 1.54) is 6.20 Å². The number of pyridine rings is 1. The Morgan fingerprint density at radius 2 is 1.83 bits per heavy atom. The van der Waals surface area contributed by atoms with Crippen molar-refractivity contribution in [2.75, 3.05) is 43.6 Å². The highest BCUT2D eigenvalue weighted by Crippen LogP contribution is 2.33. The summed E-state index contributed by atoms with van der Waals surface area (Å²) < 4.78 is 11.3. The zero-order chi connectivity index (χ0) is 25.5. The third kappa shape index (κ3) is 6.53. The molecular formula is C27H29ClN4O4. The van der Waals surface area contributed by atoms with Gasteiger partial charge in [0.05, 0.1) is 24.6 Å². The Hall–Kier alpha value is -3.62. The average Bonchev–Trinajstić information content (AvgIpc) is 2.90. The van der Waals surface area contributed by atoms with Crippen molar-refractivity contribution in [3.8, 4) is 11.5 Å². The highest BCUT2D eigenvalue weighted by Gasteiger charge is 2.18. The Bertz CT molecular complexity index is 1230. The summed E-state index contributed by atoms with van der Waals surface area (Å²) >= 11 is 6.37. The SMILES string of the molecule is CNC(=O)c1cc(Oc2ccc(CCC(=O)Nc3cc(C)c(Cl)cc3N3CCOCC3)cc2)ccn1. The summed E-state index contributed by atoms with van der Waals surface area (Å²) in [5, 5.41) is 6.28. The molecule has 0 bridgehead atoms. The highest BCUT2D eigenvalue weighted by molar-refractivity contribution is 6.31. The second kappa shape index (κ2) is 11.9.